The lowest BCUT2D eigenvalue weighted by molar-refractivity contribution is 0.393. The third-order valence-electron chi connectivity index (χ3n) is 4.37. The van der Waals surface area contributed by atoms with E-state index in [-0.39, 0.29) is 0 Å². The Labute approximate surface area is 157 Å². The molecule has 2 heterocycles. The van der Waals surface area contributed by atoms with E-state index in [1.54, 1.807) is 6.07 Å². The van der Waals surface area contributed by atoms with E-state index in [0.29, 0.717) is 10.6 Å². The standard InChI is InChI=1S/C20H19ClN4O/c1-5-25(17-7-6-15(10-22)18(21)9-17)19-8-16(11-23-12(19)2)20-13(3)24-26-14(20)4/h6-9,11H,5H2,1-4H3. The van der Waals surface area contributed by atoms with E-state index in [9.17, 15) is 0 Å². The number of anilines is 2. The molecule has 0 amide bonds. The minimum atomic E-state index is 0.441. The van der Waals surface area contributed by atoms with Crippen LogP contribution in [0.5, 0.6) is 0 Å². The van der Waals surface area contributed by atoms with E-state index in [0.717, 1.165) is 46.2 Å². The molecular weight excluding hydrogens is 348 g/mol. The minimum absolute atomic E-state index is 0.441. The van der Waals surface area contributed by atoms with Crippen molar-refractivity contribution in [3.8, 4) is 17.2 Å². The maximum Gasteiger partial charge on any atom is 0.141 e. The van der Waals surface area contributed by atoms with E-state index < -0.39 is 0 Å². The molecule has 1 aromatic carbocycles. The monoisotopic (exact) mass is 366 g/mol. The van der Waals surface area contributed by atoms with Crippen LogP contribution < -0.4 is 4.90 Å². The number of hydrogen-bond donors (Lipinski definition) is 0. The number of benzene rings is 1. The van der Waals surface area contributed by atoms with Gasteiger partial charge in [-0.05, 0) is 52.0 Å². The molecule has 0 radical (unpaired) electrons. The van der Waals surface area contributed by atoms with E-state index in [1.165, 1.54) is 0 Å². The molecule has 132 valence electrons. The molecule has 2 aromatic heterocycles. The van der Waals surface area contributed by atoms with Crippen LogP contribution >= 0.6 is 11.6 Å². The molecule has 0 fully saturated rings. The number of rotatable bonds is 4. The molecule has 26 heavy (non-hydrogen) atoms. The lowest BCUT2D eigenvalue weighted by Crippen LogP contribution is -2.17. The Balaban J connectivity index is 2.11. The quantitative estimate of drug-likeness (QED) is 0.623. The molecule has 0 spiro atoms. The molecule has 0 saturated heterocycles. The Morgan fingerprint density at radius 3 is 2.54 bits per heavy atom. The molecule has 0 saturated carbocycles. The van der Waals surface area contributed by atoms with Crippen molar-refractivity contribution in [1.82, 2.24) is 10.1 Å². The van der Waals surface area contributed by atoms with Gasteiger partial charge in [0.25, 0.3) is 0 Å². The zero-order valence-corrected chi connectivity index (χ0v) is 15.9. The van der Waals surface area contributed by atoms with Gasteiger partial charge in [0.1, 0.15) is 11.8 Å². The first-order valence-electron chi connectivity index (χ1n) is 8.33. The number of nitriles is 1. The number of pyridine rings is 1. The lowest BCUT2D eigenvalue weighted by Gasteiger charge is -2.25. The summed E-state index contributed by atoms with van der Waals surface area (Å²) >= 11 is 6.23. The summed E-state index contributed by atoms with van der Waals surface area (Å²) in [6.07, 6.45) is 1.84. The average molecular weight is 367 g/mol. The first kappa shape index (κ1) is 18.0. The Kier molecular flexibility index (Phi) is 4.97. The van der Waals surface area contributed by atoms with Gasteiger partial charge in [-0.15, -0.1) is 0 Å². The number of aryl methyl sites for hydroxylation is 3. The summed E-state index contributed by atoms with van der Waals surface area (Å²) in [4.78, 5) is 6.69. The topological polar surface area (TPSA) is 66.0 Å². The van der Waals surface area contributed by atoms with Gasteiger partial charge >= 0.3 is 0 Å². The van der Waals surface area contributed by atoms with Gasteiger partial charge < -0.3 is 9.42 Å². The van der Waals surface area contributed by atoms with Gasteiger partial charge in [0.2, 0.25) is 0 Å². The van der Waals surface area contributed by atoms with Crippen molar-refractivity contribution in [2.45, 2.75) is 27.7 Å². The number of aromatic nitrogens is 2. The van der Waals surface area contributed by atoms with Gasteiger partial charge in [-0.3, -0.25) is 4.98 Å². The molecule has 0 aliphatic rings. The lowest BCUT2D eigenvalue weighted by atomic mass is 10.0. The third kappa shape index (κ3) is 3.16. The van der Waals surface area contributed by atoms with Gasteiger partial charge in [0, 0.05) is 29.6 Å². The van der Waals surface area contributed by atoms with E-state index >= 15 is 0 Å². The fraction of sp³-hybridized carbons (Fsp3) is 0.250. The van der Waals surface area contributed by atoms with E-state index in [4.69, 9.17) is 21.4 Å². The highest BCUT2D eigenvalue weighted by atomic mass is 35.5. The molecule has 6 heteroatoms. The molecule has 0 aliphatic carbocycles. The average Bonchev–Trinajstić information content (AvgIpc) is 2.96. The van der Waals surface area contributed by atoms with E-state index in [1.807, 2.05) is 39.1 Å². The molecule has 0 bridgehead atoms. The summed E-state index contributed by atoms with van der Waals surface area (Å²) in [5, 5.41) is 13.6. The second kappa shape index (κ2) is 7.19. The maximum absolute atomic E-state index is 9.09. The van der Waals surface area contributed by atoms with Crippen LogP contribution in [0.4, 0.5) is 11.4 Å². The van der Waals surface area contributed by atoms with Gasteiger partial charge in [0.05, 0.1) is 27.7 Å². The predicted molar refractivity (Wildman–Crippen MR) is 103 cm³/mol. The van der Waals surface area contributed by atoms with Crippen LogP contribution in [0.1, 0.15) is 29.6 Å². The van der Waals surface area contributed by atoms with Crippen LogP contribution in [0.2, 0.25) is 5.02 Å². The smallest absolute Gasteiger partial charge is 0.141 e. The van der Waals surface area contributed by atoms with Crippen LogP contribution in [0.25, 0.3) is 11.1 Å². The van der Waals surface area contributed by atoms with Crippen LogP contribution in [0, 0.1) is 32.1 Å². The van der Waals surface area contributed by atoms with Crippen molar-refractivity contribution < 1.29 is 4.52 Å². The summed E-state index contributed by atoms with van der Waals surface area (Å²) in [5.74, 6) is 0.767. The number of hydrogen-bond acceptors (Lipinski definition) is 5. The van der Waals surface area contributed by atoms with Crippen molar-refractivity contribution in [2.75, 3.05) is 11.4 Å². The number of halogens is 1. The molecule has 5 nitrogen and oxygen atoms in total. The molecule has 0 aliphatic heterocycles. The Morgan fingerprint density at radius 1 is 1.19 bits per heavy atom. The Hall–Kier alpha value is -2.84. The van der Waals surface area contributed by atoms with Gasteiger partial charge in [0.15, 0.2) is 0 Å². The largest absolute Gasteiger partial charge is 0.361 e. The number of nitrogens with zero attached hydrogens (tertiary/aromatic N) is 4. The van der Waals surface area contributed by atoms with E-state index in [2.05, 4.69) is 34.1 Å². The zero-order valence-electron chi connectivity index (χ0n) is 15.2. The molecule has 0 N–H and O–H groups in total. The van der Waals surface area contributed by atoms with Crippen LogP contribution in [-0.2, 0) is 0 Å². The minimum Gasteiger partial charge on any atom is -0.361 e. The zero-order chi connectivity index (χ0) is 18.8. The summed E-state index contributed by atoms with van der Waals surface area (Å²) in [6.45, 7) is 8.58. The maximum atomic E-state index is 9.09. The predicted octanol–water partition coefficient (Wildman–Crippen LogP) is 5.34. The fourth-order valence-corrected chi connectivity index (χ4v) is 3.30. The van der Waals surface area contributed by atoms with Crippen LogP contribution in [-0.4, -0.2) is 16.7 Å². The highest BCUT2D eigenvalue weighted by Gasteiger charge is 2.17. The summed E-state index contributed by atoms with van der Waals surface area (Å²) in [7, 11) is 0. The molecular formula is C20H19ClN4O. The third-order valence-corrected chi connectivity index (χ3v) is 4.69. The second-order valence-electron chi connectivity index (χ2n) is 6.05. The highest BCUT2D eigenvalue weighted by molar-refractivity contribution is 6.32. The SMILES string of the molecule is CCN(c1ccc(C#N)c(Cl)c1)c1cc(-c2c(C)noc2C)cnc1C. The van der Waals surface area contributed by atoms with Crippen molar-refractivity contribution in [1.29, 1.82) is 5.26 Å². The molecule has 3 aromatic rings. The van der Waals surface area contributed by atoms with Gasteiger partial charge in [-0.25, -0.2) is 0 Å². The summed E-state index contributed by atoms with van der Waals surface area (Å²) in [6, 6.07) is 9.63. The highest BCUT2D eigenvalue weighted by Crippen LogP contribution is 2.34. The second-order valence-corrected chi connectivity index (χ2v) is 6.46. The normalized spacial score (nSPS) is 10.6. The van der Waals surface area contributed by atoms with Crippen molar-refractivity contribution in [2.24, 2.45) is 0 Å². The summed E-state index contributed by atoms with van der Waals surface area (Å²) in [5.41, 5.74) is 6.02. The van der Waals surface area contributed by atoms with Crippen LogP contribution in [0.15, 0.2) is 35.0 Å². The van der Waals surface area contributed by atoms with Gasteiger partial charge in [-0.1, -0.05) is 16.8 Å². The van der Waals surface area contributed by atoms with Crippen molar-refractivity contribution in [3.05, 3.63) is 58.2 Å². The van der Waals surface area contributed by atoms with Crippen LogP contribution in [0.3, 0.4) is 0 Å². The van der Waals surface area contributed by atoms with Crippen molar-refractivity contribution in [3.63, 3.8) is 0 Å². The Morgan fingerprint density at radius 2 is 1.96 bits per heavy atom. The first-order valence-corrected chi connectivity index (χ1v) is 8.71. The molecule has 0 atom stereocenters. The fourth-order valence-electron chi connectivity index (χ4n) is 3.08. The first-order chi connectivity index (χ1) is 12.5. The van der Waals surface area contributed by atoms with Gasteiger partial charge in [-0.2, -0.15) is 5.26 Å². The Bertz CT molecular complexity index is 984. The molecule has 0 unspecified atom stereocenters. The summed E-state index contributed by atoms with van der Waals surface area (Å²) < 4.78 is 5.29. The van der Waals surface area contributed by atoms with Crippen molar-refractivity contribution >= 4 is 23.0 Å². The molecule has 3 rings (SSSR count).